The Morgan fingerprint density at radius 2 is 2.35 bits per heavy atom. The van der Waals surface area contributed by atoms with E-state index in [0.717, 1.165) is 30.4 Å². The Morgan fingerprint density at radius 3 is 2.94 bits per heavy atom. The summed E-state index contributed by atoms with van der Waals surface area (Å²) < 4.78 is 0. The third kappa shape index (κ3) is 2.63. The molecular weight excluding hydrogens is 282 g/mol. The summed E-state index contributed by atoms with van der Waals surface area (Å²) in [5.74, 6) is 0.870. The van der Waals surface area contributed by atoms with E-state index in [1.807, 2.05) is 4.90 Å². The van der Waals surface area contributed by atoms with Crippen molar-refractivity contribution in [3.05, 3.63) is 29.3 Å². The highest BCUT2D eigenvalue weighted by molar-refractivity contribution is 9.09. The Hall–Kier alpha value is -1.03. The number of aromatic hydroxyl groups is 1. The summed E-state index contributed by atoms with van der Waals surface area (Å²) in [6, 6.07) is 5.02. The van der Waals surface area contributed by atoms with Crippen LogP contribution in [0.5, 0.6) is 5.75 Å². The molecule has 4 heteroatoms. The van der Waals surface area contributed by atoms with E-state index >= 15 is 0 Å². The molecule has 0 aromatic heterocycles. The summed E-state index contributed by atoms with van der Waals surface area (Å²) in [6.07, 6.45) is 1.06. The molecule has 92 valence electrons. The number of rotatable bonds is 2. The predicted octanol–water partition coefficient (Wildman–Crippen LogP) is 2.56. The summed E-state index contributed by atoms with van der Waals surface area (Å²) in [5.41, 5.74) is 1.41. The van der Waals surface area contributed by atoms with Crippen molar-refractivity contribution < 1.29 is 9.90 Å². The number of phenolic OH excluding ortho intramolecular Hbond substituents is 1. The molecular formula is C13H16BrNO2. The maximum Gasteiger partial charge on any atom is 0.253 e. The molecule has 1 amide bonds. The van der Waals surface area contributed by atoms with Crippen molar-refractivity contribution in [1.82, 2.24) is 4.90 Å². The van der Waals surface area contributed by atoms with Gasteiger partial charge in [-0.15, -0.1) is 0 Å². The zero-order valence-electron chi connectivity index (χ0n) is 9.82. The van der Waals surface area contributed by atoms with Crippen molar-refractivity contribution in [2.75, 3.05) is 18.4 Å². The van der Waals surface area contributed by atoms with E-state index in [2.05, 4.69) is 15.9 Å². The number of amides is 1. The third-order valence-corrected chi connectivity index (χ3v) is 4.15. The molecule has 1 heterocycles. The van der Waals surface area contributed by atoms with Gasteiger partial charge in [0.2, 0.25) is 0 Å². The Labute approximate surface area is 110 Å². The van der Waals surface area contributed by atoms with Gasteiger partial charge in [-0.25, -0.2) is 0 Å². The van der Waals surface area contributed by atoms with Gasteiger partial charge in [0.05, 0.1) is 0 Å². The van der Waals surface area contributed by atoms with E-state index in [9.17, 15) is 9.90 Å². The summed E-state index contributed by atoms with van der Waals surface area (Å²) in [6.45, 7) is 3.45. The summed E-state index contributed by atoms with van der Waals surface area (Å²) in [4.78, 5) is 14.1. The molecule has 1 aromatic rings. The monoisotopic (exact) mass is 297 g/mol. The first-order valence-electron chi connectivity index (χ1n) is 5.76. The molecule has 1 atom stereocenters. The maximum atomic E-state index is 12.2. The quantitative estimate of drug-likeness (QED) is 0.853. The number of nitrogens with zero attached hydrogens (tertiary/aromatic N) is 1. The van der Waals surface area contributed by atoms with E-state index in [1.54, 1.807) is 25.1 Å². The van der Waals surface area contributed by atoms with Crippen LogP contribution in [0.1, 0.15) is 22.3 Å². The Kier molecular flexibility index (Phi) is 3.72. The number of likely N-dealkylation sites (tertiary alicyclic amines) is 1. The van der Waals surface area contributed by atoms with E-state index in [1.165, 1.54) is 0 Å². The first-order valence-corrected chi connectivity index (χ1v) is 6.89. The predicted molar refractivity (Wildman–Crippen MR) is 70.6 cm³/mol. The fourth-order valence-corrected chi connectivity index (χ4v) is 2.64. The average Bonchev–Trinajstić information content (AvgIpc) is 2.80. The molecule has 0 aliphatic carbocycles. The Bertz CT molecular complexity index is 433. The molecule has 1 aliphatic rings. The lowest BCUT2D eigenvalue weighted by molar-refractivity contribution is 0.0788. The summed E-state index contributed by atoms with van der Waals surface area (Å²) in [5, 5.41) is 10.4. The third-order valence-electron chi connectivity index (χ3n) is 3.24. The van der Waals surface area contributed by atoms with E-state index in [-0.39, 0.29) is 11.7 Å². The van der Waals surface area contributed by atoms with Crippen LogP contribution >= 0.6 is 15.9 Å². The minimum absolute atomic E-state index is 0.0663. The zero-order valence-corrected chi connectivity index (χ0v) is 11.4. The molecule has 1 saturated heterocycles. The summed E-state index contributed by atoms with van der Waals surface area (Å²) in [7, 11) is 0. The first-order chi connectivity index (χ1) is 8.11. The zero-order chi connectivity index (χ0) is 12.4. The second-order valence-corrected chi connectivity index (χ2v) is 5.21. The topological polar surface area (TPSA) is 40.5 Å². The van der Waals surface area contributed by atoms with Gasteiger partial charge in [0.1, 0.15) is 5.75 Å². The SMILES string of the molecule is Cc1cc(C(=O)N2CCC(CBr)C2)ccc1O. The number of phenols is 1. The van der Waals surface area contributed by atoms with Crippen LogP contribution in [0.25, 0.3) is 0 Å². The smallest absolute Gasteiger partial charge is 0.253 e. The van der Waals surface area contributed by atoms with Gasteiger partial charge in [0.15, 0.2) is 0 Å². The lowest BCUT2D eigenvalue weighted by Crippen LogP contribution is -2.28. The minimum atomic E-state index is 0.0663. The average molecular weight is 298 g/mol. The van der Waals surface area contributed by atoms with Crippen LogP contribution in [-0.2, 0) is 0 Å². The number of hydrogen-bond acceptors (Lipinski definition) is 2. The van der Waals surface area contributed by atoms with Crippen molar-refractivity contribution in [3.63, 3.8) is 0 Å². The highest BCUT2D eigenvalue weighted by Crippen LogP contribution is 2.22. The second kappa shape index (κ2) is 5.08. The number of benzene rings is 1. The standard InChI is InChI=1S/C13H16BrNO2/c1-9-6-11(2-3-12(9)16)13(17)15-5-4-10(7-14)8-15/h2-3,6,10,16H,4-5,7-8H2,1H3. The van der Waals surface area contributed by atoms with Crippen LogP contribution in [0.4, 0.5) is 0 Å². The molecule has 1 N–H and O–H groups in total. The lowest BCUT2D eigenvalue weighted by atomic mass is 10.1. The van der Waals surface area contributed by atoms with E-state index in [0.29, 0.717) is 11.5 Å². The molecule has 0 bridgehead atoms. The Balaban J connectivity index is 2.12. The lowest BCUT2D eigenvalue weighted by Gasteiger charge is -2.16. The fraction of sp³-hybridized carbons (Fsp3) is 0.462. The molecule has 0 radical (unpaired) electrons. The van der Waals surface area contributed by atoms with E-state index < -0.39 is 0 Å². The largest absolute Gasteiger partial charge is 0.508 e. The van der Waals surface area contributed by atoms with Gasteiger partial charge in [-0.2, -0.15) is 0 Å². The molecule has 0 spiro atoms. The number of halogens is 1. The molecule has 1 aromatic carbocycles. The van der Waals surface area contributed by atoms with Gasteiger partial charge in [-0.05, 0) is 43.0 Å². The molecule has 3 nitrogen and oxygen atoms in total. The van der Waals surface area contributed by atoms with E-state index in [4.69, 9.17) is 0 Å². The molecule has 1 fully saturated rings. The van der Waals surface area contributed by atoms with Gasteiger partial charge in [0, 0.05) is 24.0 Å². The maximum absolute atomic E-state index is 12.2. The number of carbonyl (C=O) groups is 1. The first kappa shape index (κ1) is 12.4. The molecule has 1 aliphatic heterocycles. The van der Waals surface area contributed by atoms with Crippen LogP contribution < -0.4 is 0 Å². The van der Waals surface area contributed by atoms with Gasteiger partial charge < -0.3 is 10.0 Å². The van der Waals surface area contributed by atoms with Gasteiger partial charge >= 0.3 is 0 Å². The van der Waals surface area contributed by atoms with Crippen LogP contribution in [0.15, 0.2) is 18.2 Å². The molecule has 0 saturated carbocycles. The number of hydrogen-bond donors (Lipinski definition) is 1. The normalized spacial score (nSPS) is 19.6. The minimum Gasteiger partial charge on any atom is -0.508 e. The number of carbonyl (C=O) groups excluding carboxylic acids is 1. The van der Waals surface area contributed by atoms with Crippen molar-refractivity contribution in [2.45, 2.75) is 13.3 Å². The van der Waals surface area contributed by atoms with Crippen molar-refractivity contribution >= 4 is 21.8 Å². The molecule has 1 unspecified atom stereocenters. The fourth-order valence-electron chi connectivity index (χ4n) is 2.11. The van der Waals surface area contributed by atoms with Crippen LogP contribution in [0.3, 0.4) is 0 Å². The van der Waals surface area contributed by atoms with Crippen LogP contribution in [0, 0.1) is 12.8 Å². The Morgan fingerprint density at radius 1 is 1.59 bits per heavy atom. The van der Waals surface area contributed by atoms with Gasteiger partial charge in [0.25, 0.3) is 5.91 Å². The summed E-state index contributed by atoms with van der Waals surface area (Å²) >= 11 is 3.46. The van der Waals surface area contributed by atoms with Crippen LogP contribution in [0.2, 0.25) is 0 Å². The number of aryl methyl sites for hydroxylation is 1. The number of alkyl halides is 1. The molecule has 2 rings (SSSR count). The molecule has 17 heavy (non-hydrogen) atoms. The highest BCUT2D eigenvalue weighted by atomic mass is 79.9. The van der Waals surface area contributed by atoms with Gasteiger partial charge in [-0.1, -0.05) is 15.9 Å². The van der Waals surface area contributed by atoms with Gasteiger partial charge in [-0.3, -0.25) is 4.79 Å². The van der Waals surface area contributed by atoms with Crippen molar-refractivity contribution in [1.29, 1.82) is 0 Å². The van der Waals surface area contributed by atoms with Crippen molar-refractivity contribution in [2.24, 2.45) is 5.92 Å². The second-order valence-electron chi connectivity index (χ2n) is 4.56. The van der Waals surface area contributed by atoms with Crippen LogP contribution in [-0.4, -0.2) is 34.3 Å². The van der Waals surface area contributed by atoms with Crippen molar-refractivity contribution in [3.8, 4) is 5.75 Å². The highest BCUT2D eigenvalue weighted by Gasteiger charge is 2.26.